The number of rotatable bonds is 0. The molecule has 0 unspecified atom stereocenters. The molecule has 0 aliphatic rings. The average molecular weight is 605 g/mol. The summed E-state index contributed by atoms with van der Waals surface area (Å²) in [5.74, 6) is -0.241. The molecule has 40 heavy (non-hydrogen) atoms. The van der Waals surface area contributed by atoms with Crippen LogP contribution < -0.4 is 15.3 Å². The largest absolute Gasteiger partial charge is 3.00 e. The Labute approximate surface area is 257 Å². The molecule has 198 valence electrons. The number of benzene rings is 3. The molecule has 0 spiro atoms. The molecule has 3 aromatic carbocycles. The van der Waals surface area contributed by atoms with Gasteiger partial charge < -0.3 is 15.3 Å². The molecule has 3 heterocycles. The summed E-state index contributed by atoms with van der Waals surface area (Å²) in [5, 5.41) is 38.1. The molecule has 0 saturated heterocycles. The van der Waals surface area contributed by atoms with E-state index in [1.807, 2.05) is 39.0 Å². The van der Waals surface area contributed by atoms with Gasteiger partial charge in [-0.2, -0.15) is 0 Å². The standard InChI is InChI=1S/3C10H8ClNO.Al/c3*1-6-4-5-12-10-8(13)3-2-7(11)9(6)10;/h3*2-5,13H,1H3;/q;;;+3/p-3. The van der Waals surface area contributed by atoms with Crippen LogP contribution in [0.2, 0.25) is 15.1 Å². The van der Waals surface area contributed by atoms with Crippen molar-refractivity contribution in [3.63, 3.8) is 0 Å². The third-order valence-electron chi connectivity index (χ3n) is 6.04. The monoisotopic (exact) mass is 603 g/mol. The second-order valence-corrected chi connectivity index (χ2v) is 9.91. The fourth-order valence-corrected chi connectivity index (χ4v) is 4.98. The van der Waals surface area contributed by atoms with Crippen LogP contribution in [0.25, 0.3) is 32.7 Å². The van der Waals surface area contributed by atoms with E-state index in [9.17, 15) is 15.3 Å². The summed E-state index contributed by atoms with van der Waals surface area (Å²) in [6, 6.07) is 14.7. The molecular weight excluding hydrogens is 584 g/mol. The maximum Gasteiger partial charge on any atom is 3.00 e. The van der Waals surface area contributed by atoms with Gasteiger partial charge >= 0.3 is 17.4 Å². The number of aromatic nitrogens is 3. The summed E-state index contributed by atoms with van der Waals surface area (Å²) in [4.78, 5) is 12.0. The summed E-state index contributed by atoms with van der Waals surface area (Å²) in [6.07, 6.45) is 4.86. The molecule has 6 aromatic rings. The van der Waals surface area contributed by atoms with Crippen molar-refractivity contribution in [1.29, 1.82) is 0 Å². The van der Waals surface area contributed by atoms with Crippen LogP contribution in [0.15, 0.2) is 73.2 Å². The number of fused-ring (bicyclic) bond motifs is 3. The molecule has 0 atom stereocenters. The van der Waals surface area contributed by atoms with Gasteiger partial charge in [-0.15, -0.1) is 0 Å². The van der Waals surface area contributed by atoms with Crippen LogP contribution in [-0.2, 0) is 0 Å². The van der Waals surface area contributed by atoms with Crippen molar-refractivity contribution >= 4 is 84.9 Å². The maximum atomic E-state index is 11.4. The number of aryl methyl sites for hydroxylation is 3. The molecule has 0 aliphatic carbocycles. The van der Waals surface area contributed by atoms with E-state index in [-0.39, 0.29) is 34.6 Å². The van der Waals surface area contributed by atoms with Crippen molar-refractivity contribution in [2.24, 2.45) is 0 Å². The van der Waals surface area contributed by atoms with Crippen LogP contribution >= 0.6 is 34.8 Å². The number of pyridine rings is 3. The minimum Gasteiger partial charge on any atom is -0.871 e. The fraction of sp³-hybridized carbons (Fsp3) is 0.100. The van der Waals surface area contributed by atoms with E-state index in [0.29, 0.717) is 31.6 Å². The molecule has 0 aliphatic heterocycles. The zero-order chi connectivity index (χ0) is 28.3. The molecule has 6 nitrogen and oxygen atoms in total. The summed E-state index contributed by atoms with van der Waals surface area (Å²) < 4.78 is 0. The first-order chi connectivity index (χ1) is 18.6. The maximum absolute atomic E-state index is 11.4. The minimum absolute atomic E-state index is 0. The predicted octanol–water partition coefficient (Wildman–Crippen LogP) is 6.43. The molecule has 0 bridgehead atoms. The first kappa shape index (κ1) is 31.2. The van der Waals surface area contributed by atoms with E-state index < -0.39 is 0 Å². The summed E-state index contributed by atoms with van der Waals surface area (Å²) in [7, 11) is 0. The molecule has 0 saturated carbocycles. The Kier molecular flexibility index (Phi) is 10.4. The Bertz CT molecular complexity index is 1600. The van der Waals surface area contributed by atoms with E-state index in [1.54, 1.807) is 36.8 Å². The van der Waals surface area contributed by atoms with E-state index in [4.69, 9.17) is 34.8 Å². The second-order valence-electron chi connectivity index (χ2n) is 8.69. The van der Waals surface area contributed by atoms with Gasteiger partial charge in [-0.25, -0.2) is 0 Å². The van der Waals surface area contributed by atoms with Gasteiger partial charge in [0, 0.05) is 34.7 Å². The average Bonchev–Trinajstić information content (AvgIpc) is 2.91. The van der Waals surface area contributed by atoms with Gasteiger partial charge in [-0.1, -0.05) is 70.3 Å². The molecule has 0 amide bonds. The van der Waals surface area contributed by atoms with Gasteiger partial charge in [0.25, 0.3) is 0 Å². The third-order valence-corrected chi connectivity index (χ3v) is 6.98. The topological polar surface area (TPSA) is 108 Å². The van der Waals surface area contributed by atoms with Crippen molar-refractivity contribution in [3.05, 3.63) is 105 Å². The van der Waals surface area contributed by atoms with Crippen molar-refractivity contribution in [3.8, 4) is 17.2 Å². The van der Waals surface area contributed by atoms with E-state index in [2.05, 4.69) is 15.0 Å². The number of hydrogen-bond acceptors (Lipinski definition) is 6. The first-order valence-electron chi connectivity index (χ1n) is 11.7. The second kappa shape index (κ2) is 13.4. The molecular formula is C30H21AlCl3N3O3. The third kappa shape index (κ3) is 6.52. The van der Waals surface area contributed by atoms with Gasteiger partial charge in [-0.3, -0.25) is 15.0 Å². The van der Waals surface area contributed by atoms with E-state index in [1.165, 1.54) is 18.2 Å². The van der Waals surface area contributed by atoms with Crippen molar-refractivity contribution in [2.45, 2.75) is 20.8 Å². The summed E-state index contributed by atoms with van der Waals surface area (Å²) >= 11 is 17.9. The Morgan fingerprint density at radius 2 is 0.700 bits per heavy atom. The number of nitrogens with zero attached hydrogens (tertiary/aromatic N) is 3. The quantitative estimate of drug-likeness (QED) is 0.185. The normalized spacial score (nSPS) is 10.3. The van der Waals surface area contributed by atoms with Crippen LogP contribution in [0, 0.1) is 20.8 Å². The Morgan fingerprint density at radius 1 is 0.450 bits per heavy atom. The Balaban J connectivity index is 0.000000163. The minimum atomic E-state index is -0.0805. The van der Waals surface area contributed by atoms with Crippen molar-refractivity contribution < 1.29 is 15.3 Å². The number of halogens is 3. The van der Waals surface area contributed by atoms with Gasteiger partial charge in [0.15, 0.2) is 0 Å². The molecule has 10 heteroatoms. The van der Waals surface area contributed by atoms with Gasteiger partial charge in [0.05, 0.1) is 31.6 Å². The zero-order valence-corrected chi connectivity index (χ0v) is 25.1. The van der Waals surface area contributed by atoms with Crippen LogP contribution in [0.5, 0.6) is 17.2 Å². The smallest absolute Gasteiger partial charge is 0.871 e. The molecule has 6 rings (SSSR count). The predicted molar refractivity (Wildman–Crippen MR) is 159 cm³/mol. The van der Waals surface area contributed by atoms with Gasteiger partial charge in [0.1, 0.15) is 0 Å². The van der Waals surface area contributed by atoms with Crippen molar-refractivity contribution in [1.82, 2.24) is 15.0 Å². The van der Waals surface area contributed by atoms with Gasteiger partial charge in [-0.05, 0) is 73.9 Å². The van der Waals surface area contributed by atoms with E-state index >= 15 is 0 Å². The fourth-order valence-electron chi connectivity index (χ4n) is 4.07. The SMILES string of the molecule is Cc1ccnc2c([O-])ccc(Cl)c12.Cc1ccnc2c([O-])ccc(Cl)c12.Cc1ccnc2c([O-])ccc(Cl)c12.[Al+3]. The first-order valence-corrected chi connectivity index (χ1v) is 12.9. The number of hydrogen-bond donors (Lipinski definition) is 0. The zero-order valence-electron chi connectivity index (χ0n) is 21.7. The van der Waals surface area contributed by atoms with Gasteiger partial charge in [0.2, 0.25) is 0 Å². The summed E-state index contributed by atoms with van der Waals surface area (Å²) in [5.41, 5.74) is 4.29. The van der Waals surface area contributed by atoms with E-state index in [0.717, 1.165) is 32.8 Å². The van der Waals surface area contributed by atoms with Crippen LogP contribution in [0.1, 0.15) is 16.7 Å². The van der Waals surface area contributed by atoms with Crippen LogP contribution in [0.4, 0.5) is 0 Å². The summed E-state index contributed by atoms with van der Waals surface area (Å²) in [6.45, 7) is 5.74. The molecule has 0 N–H and O–H groups in total. The molecule has 0 radical (unpaired) electrons. The van der Waals surface area contributed by atoms with Crippen LogP contribution in [-0.4, -0.2) is 32.3 Å². The van der Waals surface area contributed by atoms with Crippen molar-refractivity contribution in [2.75, 3.05) is 0 Å². The van der Waals surface area contributed by atoms with Crippen LogP contribution in [0.3, 0.4) is 0 Å². The Morgan fingerprint density at radius 3 is 0.925 bits per heavy atom. The Hall–Kier alpha value is -3.31. The molecule has 3 aromatic heterocycles. The molecule has 0 fully saturated rings.